The Hall–Kier alpha value is -2.74. The van der Waals surface area contributed by atoms with Crippen molar-refractivity contribution in [2.24, 2.45) is 5.41 Å². The maximum atomic E-state index is 12.5. The fourth-order valence-corrected chi connectivity index (χ4v) is 4.27. The van der Waals surface area contributed by atoms with Gasteiger partial charge in [-0.25, -0.2) is 0 Å². The SMILES string of the molecule is CC(C)(C)CC(=O)N1CCC(c2nc(-c3ccc(C=N)c(NC4CCOC4)c3)no2)CC1. The van der Waals surface area contributed by atoms with Gasteiger partial charge in [0, 0.05) is 55.1 Å². The predicted octanol–water partition coefficient (Wildman–Crippen LogP) is 4.08. The van der Waals surface area contributed by atoms with Gasteiger partial charge >= 0.3 is 0 Å². The predicted molar refractivity (Wildman–Crippen MR) is 123 cm³/mol. The Balaban J connectivity index is 1.42. The molecule has 172 valence electrons. The molecule has 1 aromatic heterocycles. The first-order valence-corrected chi connectivity index (χ1v) is 11.4. The van der Waals surface area contributed by atoms with E-state index in [-0.39, 0.29) is 23.3 Å². The van der Waals surface area contributed by atoms with Crippen LogP contribution < -0.4 is 5.32 Å². The fraction of sp³-hybridized carbons (Fsp3) is 0.583. The zero-order valence-electron chi connectivity index (χ0n) is 19.2. The highest BCUT2D eigenvalue weighted by atomic mass is 16.5. The number of carbonyl (C=O) groups excluding carboxylic acids is 1. The molecule has 1 atom stereocenters. The topological polar surface area (TPSA) is 104 Å². The third kappa shape index (κ3) is 5.35. The number of hydrogen-bond acceptors (Lipinski definition) is 7. The van der Waals surface area contributed by atoms with Gasteiger partial charge in [-0.1, -0.05) is 38.1 Å². The lowest BCUT2D eigenvalue weighted by Crippen LogP contribution is -2.39. The van der Waals surface area contributed by atoms with Crippen LogP contribution in [0.4, 0.5) is 5.69 Å². The zero-order valence-corrected chi connectivity index (χ0v) is 19.2. The van der Waals surface area contributed by atoms with Crippen molar-refractivity contribution in [3.05, 3.63) is 29.7 Å². The molecule has 1 amide bonds. The molecule has 1 unspecified atom stereocenters. The summed E-state index contributed by atoms with van der Waals surface area (Å²) < 4.78 is 11.1. The normalized spacial score (nSPS) is 19.8. The van der Waals surface area contributed by atoms with Gasteiger partial charge in [-0.3, -0.25) is 4.79 Å². The van der Waals surface area contributed by atoms with E-state index >= 15 is 0 Å². The van der Waals surface area contributed by atoms with Crippen LogP contribution in [0, 0.1) is 10.8 Å². The molecule has 32 heavy (non-hydrogen) atoms. The Morgan fingerprint density at radius 3 is 2.72 bits per heavy atom. The standard InChI is InChI=1S/C24H33N5O3/c1-24(2,3)13-21(30)29-9-6-16(7-10-29)23-27-22(28-32-23)17-4-5-18(14-25)20(12-17)26-19-8-11-31-15-19/h4-5,12,14,16,19,25-26H,6-11,13,15H2,1-3H3. The first kappa shape index (κ1) is 22.5. The largest absolute Gasteiger partial charge is 0.379 e. The molecule has 4 rings (SSSR count). The smallest absolute Gasteiger partial charge is 0.230 e. The molecule has 2 N–H and O–H groups in total. The van der Waals surface area contributed by atoms with E-state index in [9.17, 15) is 4.79 Å². The molecular formula is C24H33N5O3. The van der Waals surface area contributed by atoms with Crippen LogP contribution in [0.2, 0.25) is 0 Å². The minimum atomic E-state index is 0.00108. The number of hydrogen-bond donors (Lipinski definition) is 2. The van der Waals surface area contributed by atoms with Crippen LogP contribution in [0.15, 0.2) is 22.7 Å². The van der Waals surface area contributed by atoms with Crippen LogP contribution in [0.25, 0.3) is 11.4 Å². The number of nitrogens with zero attached hydrogens (tertiary/aromatic N) is 3. The second-order valence-corrected chi connectivity index (χ2v) is 10.00. The van der Waals surface area contributed by atoms with Crippen molar-refractivity contribution in [3.8, 4) is 11.4 Å². The fourth-order valence-electron chi connectivity index (χ4n) is 4.27. The summed E-state index contributed by atoms with van der Waals surface area (Å²) in [7, 11) is 0. The maximum absolute atomic E-state index is 12.5. The minimum absolute atomic E-state index is 0.00108. The van der Waals surface area contributed by atoms with E-state index in [1.165, 1.54) is 6.21 Å². The summed E-state index contributed by atoms with van der Waals surface area (Å²) in [6.45, 7) is 9.15. The Kier molecular flexibility index (Phi) is 6.60. The molecule has 2 aliphatic rings. The van der Waals surface area contributed by atoms with Crippen molar-refractivity contribution in [1.29, 1.82) is 5.41 Å². The zero-order chi connectivity index (χ0) is 22.7. The van der Waals surface area contributed by atoms with Crippen molar-refractivity contribution < 1.29 is 14.1 Å². The van der Waals surface area contributed by atoms with Crippen molar-refractivity contribution in [1.82, 2.24) is 15.0 Å². The van der Waals surface area contributed by atoms with Crippen LogP contribution >= 0.6 is 0 Å². The molecular weight excluding hydrogens is 406 g/mol. The van der Waals surface area contributed by atoms with Crippen molar-refractivity contribution in [2.75, 3.05) is 31.6 Å². The second-order valence-electron chi connectivity index (χ2n) is 10.00. The summed E-state index contributed by atoms with van der Waals surface area (Å²) in [5.74, 6) is 1.58. The Morgan fingerprint density at radius 2 is 2.06 bits per heavy atom. The lowest BCUT2D eigenvalue weighted by molar-refractivity contribution is -0.134. The lowest BCUT2D eigenvalue weighted by Gasteiger charge is -2.32. The Morgan fingerprint density at radius 1 is 1.28 bits per heavy atom. The molecule has 3 heterocycles. The third-order valence-corrected chi connectivity index (χ3v) is 6.08. The molecule has 0 radical (unpaired) electrons. The molecule has 0 bridgehead atoms. The van der Waals surface area contributed by atoms with Crippen molar-refractivity contribution in [3.63, 3.8) is 0 Å². The van der Waals surface area contributed by atoms with E-state index < -0.39 is 0 Å². The van der Waals surface area contributed by atoms with Gasteiger partial charge in [0.2, 0.25) is 17.6 Å². The van der Waals surface area contributed by atoms with Crippen molar-refractivity contribution >= 4 is 17.8 Å². The molecule has 2 aliphatic heterocycles. The number of aromatic nitrogens is 2. The molecule has 2 saturated heterocycles. The van der Waals surface area contributed by atoms with Gasteiger partial charge in [0.15, 0.2) is 0 Å². The number of amides is 1. The first-order chi connectivity index (χ1) is 15.3. The molecule has 2 aromatic rings. The van der Waals surface area contributed by atoms with Gasteiger partial charge < -0.3 is 24.9 Å². The quantitative estimate of drug-likeness (QED) is 0.657. The molecule has 1 aromatic carbocycles. The van der Waals surface area contributed by atoms with Crippen LogP contribution in [0.3, 0.4) is 0 Å². The van der Waals surface area contributed by atoms with Gasteiger partial charge in [-0.15, -0.1) is 0 Å². The van der Waals surface area contributed by atoms with Crippen molar-refractivity contribution in [2.45, 2.75) is 58.4 Å². The summed E-state index contributed by atoms with van der Waals surface area (Å²) >= 11 is 0. The minimum Gasteiger partial charge on any atom is -0.379 e. The number of piperidine rings is 1. The highest BCUT2D eigenvalue weighted by Crippen LogP contribution is 2.31. The molecule has 8 nitrogen and oxygen atoms in total. The third-order valence-electron chi connectivity index (χ3n) is 6.08. The van der Waals surface area contributed by atoms with Crippen LogP contribution in [0.5, 0.6) is 0 Å². The van der Waals surface area contributed by atoms with Gasteiger partial charge in [0.1, 0.15) is 0 Å². The van der Waals surface area contributed by atoms with Gasteiger partial charge in [-0.2, -0.15) is 4.98 Å². The van der Waals surface area contributed by atoms with E-state index in [0.29, 0.717) is 24.7 Å². The summed E-state index contributed by atoms with van der Waals surface area (Å²) in [6.07, 6.45) is 4.53. The Bertz CT molecular complexity index is 951. The Labute approximate surface area is 189 Å². The highest BCUT2D eigenvalue weighted by molar-refractivity contribution is 5.87. The number of anilines is 1. The van der Waals surface area contributed by atoms with E-state index in [2.05, 4.69) is 36.2 Å². The number of rotatable bonds is 6. The number of carbonyl (C=O) groups is 1. The van der Waals surface area contributed by atoms with Crippen LogP contribution in [-0.4, -0.2) is 59.5 Å². The van der Waals surface area contributed by atoms with E-state index in [1.54, 1.807) is 0 Å². The van der Waals surface area contributed by atoms with E-state index in [1.807, 2.05) is 23.1 Å². The number of benzene rings is 1. The lowest BCUT2D eigenvalue weighted by atomic mass is 9.90. The van der Waals surface area contributed by atoms with Crippen LogP contribution in [-0.2, 0) is 9.53 Å². The summed E-state index contributed by atoms with van der Waals surface area (Å²) in [5.41, 5.74) is 2.55. The maximum Gasteiger partial charge on any atom is 0.230 e. The van der Waals surface area contributed by atoms with Gasteiger partial charge in [-0.05, 0) is 30.7 Å². The van der Waals surface area contributed by atoms with E-state index in [4.69, 9.17) is 14.7 Å². The van der Waals surface area contributed by atoms with Gasteiger partial charge in [0.25, 0.3) is 0 Å². The van der Waals surface area contributed by atoms with E-state index in [0.717, 1.165) is 55.8 Å². The first-order valence-electron chi connectivity index (χ1n) is 11.4. The second kappa shape index (κ2) is 9.40. The average molecular weight is 440 g/mol. The molecule has 0 spiro atoms. The number of nitrogens with one attached hydrogen (secondary N) is 2. The molecule has 2 fully saturated rings. The molecule has 8 heteroatoms. The average Bonchev–Trinajstić information content (AvgIpc) is 3.45. The number of likely N-dealkylation sites (tertiary alicyclic amines) is 1. The highest BCUT2D eigenvalue weighted by Gasteiger charge is 2.29. The monoisotopic (exact) mass is 439 g/mol. The summed E-state index contributed by atoms with van der Waals surface area (Å²) in [6, 6.07) is 6.03. The van der Waals surface area contributed by atoms with Gasteiger partial charge in [0.05, 0.1) is 12.6 Å². The summed E-state index contributed by atoms with van der Waals surface area (Å²) in [4.78, 5) is 19.1. The van der Waals surface area contributed by atoms with Crippen LogP contribution in [0.1, 0.15) is 63.8 Å². The molecule has 0 saturated carbocycles. The molecule has 0 aliphatic carbocycles. The number of ether oxygens (including phenoxy) is 1. The summed E-state index contributed by atoms with van der Waals surface area (Å²) in [5, 5.41) is 15.4.